The first-order chi connectivity index (χ1) is 12.0. The van der Waals surface area contributed by atoms with E-state index in [1.54, 1.807) is 0 Å². The Balaban J connectivity index is 1.56. The molecule has 5 aliphatic carbocycles. The molecular weight excluding hydrogens is 306 g/mol. The van der Waals surface area contributed by atoms with E-state index in [-0.39, 0.29) is 11.3 Å². The monoisotopic (exact) mass is 337 g/mol. The van der Waals surface area contributed by atoms with Gasteiger partial charge in [0, 0.05) is 6.42 Å². The smallest absolute Gasteiger partial charge is 0.155 e. The molecule has 2 nitrogen and oxygen atoms in total. The van der Waals surface area contributed by atoms with Crippen molar-refractivity contribution in [3.05, 3.63) is 11.6 Å². The van der Waals surface area contributed by atoms with Crippen LogP contribution in [0.4, 0.5) is 0 Å². The molecule has 25 heavy (non-hydrogen) atoms. The van der Waals surface area contributed by atoms with E-state index in [2.05, 4.69) is 19.9 Å². The molecule has 0 saturated heterocycles. The first-order valence-electron chi connectivity index (χ1n) is 10.6. The number of hydrogen-bond acceptors (Lipinski definition) is 2. The molecule has 0 bridgehead atoms. The summed E-state index contributed by atoms with van der Waals surface area (Å²) in [4.78, 5) is 12.1. The van der Waals surface area contributed by atoms with Gasteiger partial charge in [-0.3, -0.25) is 4.79 Å². The van der Waals surface area contributed by atoms with E-state index in [1.807, 2.05) is 6.08 Å². The van der Waals surface area contributed by atoms with Crippen molar-refractivity contribution in [3.63, 3.8) is 0 Å². The summed E-state index contributed by atoms with van der Waals surface area (Å²) in [6, 6.07) is 2.67. The fourth-order valence-corrected chi connectivity index (χ4v) is 7.72. The maximum atomic E-state index is 12.1. The lowest BCUT2D eigenvalue weighted by atomic mass is 9.47. The van der Waals surface area contributed by atoms with Gasteiger partial charge in [-0.1, -0.05) is 19.4 Å². The molecule has 4 fully saturated rings. The highest BCUT2D eigenvalue weighted by Gasteiger charge is 2.62. The second-order valence-electron chi connectivity index (χ2n) is 10.4. The van der Waals surface area contributed by atoms with Gasteiger partial charge in [0.15, 0.2) is 5.78 Å². The van der Waals surface area contributed by atoms with Gasteiger partial charge in [0.2, 0.25) is 0 Å². The molecule has 0 unspecified atom stereocenters. The van der Waals surface area contributed by atoms with E-state index in [0.29, 0.717) is 17.1 Å². The van der Waals surface area contributed by atoms with Gasteiger partial charge >= 0.3 is 0 Å². The van der Waals surface area contributed by atoms with Gasteiger partial charge in [-0.05, 0) is 97.9 Å². The molecule has 0 radical (unpaired) electrons. The van der Waals surface area contributed by atoms with E-state index < -0.39 is 0 Å². The average Bonchev–Trinajstić information content (AvgIpc) is 3.24. The van der Waals surface area contributed by atoms with E-state index in [1.165, 1.54) is 44.1 Å². The van der Waals surface area contributed by atoms with Crippen LogP contribution in [-0.2, 0) is 4.79 Å². The normalized spacial score (nSPS) is 50.1. The molecule has 5 aliphatic rings. The summed E-state index contributed by atoms with van der Waals surface area (Å²) >= 11 is 0. The predicted octanol–water partition coefficient (Wildman–Crippen LogP) is 5.29. The molecule has 0 aromatic rings. The second kappa shape index (κ2) is 5.21. The minimum Gasteiger partial charge on any atom is -0.295 e. The van der Waals surface area contributed by atoms with Crippen LogP contribution in [0, 0.1) is 57.7 Å². The van der Waals surface area contributed by atoms with Crippen molar-refractivity contribution in [2.75, 3.05) is 0 Å². The average molecular weight is 338 g/mol. The largest absolute Gasteiger partial charge is 0.295 e. The second-order valence-corrected chi connectivity index (χ2v) is 10.4. The number of carbonyl (C=O) groups excluding carboxylic acids is 1. The van der Waals surface area contributed by atoms with Gasteiger partial charge in [-0.2, -0.15) is 5.26 Å². The van der Waals surface area contributed by atoms with E-state index >= 15 is 0 Å². The summed E-state index contributed by atoms with van der Waals surface area (Å²) in [6.07, 6.45) is 12.7. The highest BCUT2D eigenvalue weighted by molar-refractivity contribution is 5.91. The number of nitrogens with zero attached hydrogens (tertiary/aromatic N) is 1. The van der Waals surface area contributed by atoms with Crippen LogP contribution in [0.1, 0.15) is 71.6 Å². The molecule has 5 rings (SSSR count). The molecule has 0 amide bonds. The van der Waals surface area contributed by atoms with Gasteiger partial charge in [0.1, 0.15) is 0 Å². The standard InChI is InChI=1S/C23H31NO/c1-22(9-10-22)20-12-14-11-16(25)4-5-17(14)18-7-8-23(2)15(13-24)3-6-19(23)21(18)20/h11,15,17-21H,3-10,12H2,1-2H3/t15-,17+,18-,19+,20+,21-,23-/m1/s1. The molecule has 0 heterocycles. The number of rotatable bonds is 1. The molecule has 0 aliphatic heterocycles. The Bertz CT molecular complexity index is 681. The Morgan fingerprint density at radius 2 is 1.88 bits per heavy atom. The SMILES string of the molecule is CC1([C@H]2CC3=CC(=O)CC[C@@H]3[C@H]3CC[C@]4(C)[C@@H](C#N)CC[C@H]4[C@@H]32)CC1. The fraction of sp³-hybridized carbons (Fsp3) is 0.826. The van der Waals surface area contributed by atoms with Crippen LogP contribution >= 0.6 is 0 Å². The maximum Gasteiger partial charge on any atom is 0.155 e. The summed E-state index contributed by atoms with van der Waals surface area (Å²) in [5, 5.41) is 9.72. The Hall–Kier alpha value is -1.10. The molecule has 0 aromatic carbocycles. The summed E-state index contributed by atoms with van der Waals surface area (Å²) in [6.45, 7) is 4.94. The van der Waals surface area contributed by atoms with E-state index in [0.717, 1.165) is 42.9 Å². The zero-order chi connectivity index (χ0) is 17.4. The van der Waals surface area contributed by atoms with Crippen LogP contribution in [0.25, 0.3) is 0 Å². The van der Waals surface area contributed by atoms with Crippen LogP contribution in [0.5, 0.6) is 0 Å². The van der Waals surface area contributed by atoms with Gasteiger partial charge in [-0.25, -0.2) is 0 Å². The van der Waals surface area contributed by atoms with Crippen molar-refractivity contribution in [1.82, 2.24) is 0 Å². The van der Waals surface area contributed by atoms with E-state index in [4.69, 9.17) is 0 Å². The van der Waals surface area contributed by atoms with Crippen LogP contribution in [0.2, 0.25) is 0 Å². The lowest BCUT2D eigenvalue weighted by Crippen LogP contribution is -2.51. The number of hydrogen-bond donors (Lipinski definition) is 0. The highest BCUT2D eigenvalue weighted by Crippen LogP contribution is 2.69. The highest BCUT2D eigenvalue weighted by atomic mass is 16.1. The van der Waals surface area contributed by atoms with Gasteiger partial charge in [0.05, 0.1) is 12.0 Å². The fourth-order valence-electron chi connectivity index (χ4n) is 7.72. The van der Waals surface area contributed by atoms with E-state index in [9.17, 15) is 10.1 Å². The van der Waals surface area contributed by atoms with Gasteiger partial charge < -0.3 is 0 Å². The zero-order valence-corrected chi connectivity index (χ0v) is 15.8. The summed E-state index contributed by atoms with van der Waals surface area (Å²) < 4.78 is 0. The van der Waals surface area contributed by atoms with Crippen molar-refractivity contribution in [1.29, 1.82) is 5.26 Å². The maximum absolute atomic E-state index is 12.1. The summed E-state index contributed by atoms with van der Waals surface area (Å²) in [5.74, 6) is 4.41. The number of carbonyl (C=O) groups is 1. The minimum absolute atomic E-state index is 0.255. The van der Waals surface area contributed by atoms with Gasteiger partial charge in [-0.15, -0.1) is 0 Å². The van der Waals surface area contributed by atoms with Crippen LogP contribution in [-0.4, -0.2) is 5.78 Å². The summed E-state index contributed by atoms with van der Waals surface area (Å²) in [7, 11) is 0. The minimum atomic E-state index is 0.255. The van der Waals surface area contributed by atoms with Crippen molar-refractivity contribution >= 4 is 5.78 Å². The predicted molar refractivity (Wildman–Crippen MR) is 97.4 cm³/mol. The van der Waals surface area contributed by atoms with Crippen LogP contribution in [0.3, 0.4) is 0 Å². The first kappa shape index (κ1) is 16.1. The Morgan fingerprint density at radius 3 is 2.60 bits per heavy atom. The molecule has 0 aromatic heterocycles. The van der Waals surface area contributed by atoms with Crippen molar-refractivity contribution in [3.8, 4) is 6.07 Å². The van der Waals surface area contributed by atoms with Crippen LogP contribution < -0.4 is 0 Å². The molecular formula is C23H31NO. The Morgan fingerprint density at radius 1 is 1.08 bits per heavy atom. The quantitative estimate of drug-likeness (QED) is 0.652. The van der Waals surface area contributed by atoms with Crippen LogP contribution in [0.15, 0.2) is 11.6 Å². The number of fused-ring (bicyclic) bond motifs is 5. The van der Waals surface area contributed by atoms with Crippen molar-refractivity contribution < 1.29 is 4.79 Å². The van der Waals surface area contributed by atoms with Gasteiger partial charge in [0.25, 0.3) is 0 Å². The van der Waals surface area contributed by atoms with Crippen molar-refractivity contribution in [2.45, 2.75) is 71.6 Å². The lowest BCUT2D eigenvalue weighted by molar-refractivity contribution is -0.116. The zero-order valence-electron chi connectivity index (χ0n) is 15.8. The summed E-state index contributed by atoms with van der Waals surface area (Å²) in [5.41, 5.74) is 2.28. The Labute approximate surface area is 152 Å². The first-order valence-corrected chi connectivity index (χ1v) is 10.6. The molecule has 7 atom stereocenters. The molecule has 2 heteroatoms. The lowest BCUT2D eigenvalue weighted by Gasteiger charge is -2.57. The molecule has 0 N–H and O–H groups in total. The topological polar surface area (TPSA) is 40.9 Å². The third-order valence-corrected chi connectivity index (χ3v) is 9.44. The number of nitriles is 1. The van der Waals surface area contributed by atoms with Crippen molar-refractivity contribution in [2.24, 2.45) is 46.3 Å². The molecule has 134 valence electrons. The molecule has 0 spiro atoms. The molecule has 4 saturated carbocycles. The Kier molecular flexibility index (Phi) is 3.36. The third-order valence-electron chi connectivity index (χ3n) is 9.44. The number of ketones is 1. The third kappa shape index (κ3) is 2.17. The number of allylic oxidation sites excluding steroid dienone is 1.